The molecule has 2 aromatic carbocycles. The van der Waals surface area contributed by atoms with Gasteiger partial charge in [0.05, 0.1) is 17.6 Å². The third-order valence-corrected chi connectivity index (χ3v) is 6.20. The third kappa shape index (κ3) is 5.06. The summed E-state index contributed by atoms with van der Waals surface area (Å²) >= 11 is 0. The smallest absolute Gasteiger partial charge is 0.344 e. The van der Waals surface area contributed by atoms with E-state index in [1.54, 1.807) is 0 Å². The molecule has 2 aromatic heterocycles. The van der Waals surface area contributed by atoms with Crippen LogP contribution in [0, 0.1) is 0 Å². The summed E-state index contributed by atoms with van der Waals surface area (Å²) in [5.74, 6) is -0.136. The molecular weight excluding hydrogens is 424 g/mol. The van der Waals surface area contributed by atoms with Gasteiger partial charge in [-0.25, -0.2) is 14.8 Å². The van der Waals surface area contributed by atoms with E-state index in [1.807, 2.05) is 41.0 Å². The Balaban J connectivity index is 1.71. The maximum atomic E-state index is 13.1. The first-order chi connectivity index (χ1) is 16.6. The Bertz CT molecular complexity index is 1260. The molecule has 34 heavy (non-hydrogen) atoms. The predicted molar refractivity (Wildman–Crippen MR) is 138 cm³/mol. The molecule has 0 fully saturated rings. The normalized spacial score (nSPS) is 11.4. The standard InChI is InChI=1S/C28H34N4O2/c1-3-5-7-8-11-19-34-28(33)24-25-27(31-23-14-10-9-13-22(23)30-25)32(26(24)29)21-17-15-20(16-18-21)12-6-4-2/h9-10,13-18H,3-8,11-12,19,29H2,1-2H3. The van der Waals surface area contributed by atoms with Gasteiger partial charge in [0.25, 0.3) is 0 Å². The van der Waals surface area contributed by atoms with Gasteiger partial charge in [0, 0.05) is 5.69 Å². The summed E-state index contributed by atoms with van der Waals surface area (Å²) in [6.45, 7) is 4.75. The first-order valence-corrected chi connectivity index (χ1v) is 12.5. The first kappa shape index (κ1) is 23.7. The van der Waals surface area contributed by atoms with Gasteiger partial charge in [0.2, 0.25) is 0 Å². The minimum absolute atomic E-state index is 0.289. The Kier molecular flexibility index (Phi) is 7.78. The molecule has 4 aromatic rings. The maximum Gasteiger partial charge on any atom is 0.344 e. The molecule has 0 aliphatic heterocycles. The van der Waals surface area contributed by atoms with Crippen LogP contribution >= 0.6 is 0 Å². The second kappa shape index (κ2) is 11.1. The summed E-state index contributed by atoms with van der Waals surface area (Å²) in [7, 11) is 0. The first-order valence-electron chi connectivity index (χ1n) is 12.5. The van der Waals surface area contributed by atoms with Gasteiger partial charge in [-0.1, -0.05) is 70.2 Å². The number of benzene rings is 2. The molecule has 0 saturated heterocycles. The minimum atomic E-state index is -0.444. The molecule has 2 N–H and O–H groups in total. The van der Waals surface area contributed by atoms with Crippen LogP contribution in [-0.4, -0.2) is 27.1 Å². The highest BCUT2D eigenvalue weighted by molar-refractivity contribution is 6.09. The van der Waals surface area contributed by atoms with Crippen LogP contribution in [0.15, 0.2) is 48.5 Å². The molecule has 6 nitrogen and oxygen atoms in total. The number of carbonyl (C=O) groups excluding carboxylic acids is 1. The van der Waals surface area contributed by atoms with Crippen LogP contribution in [0.25, 0.3) is 27.9 Å². The number of aryl methyl sites for hydroxylation is 1. The molecule has 0 bridgehead atoms. The molecule has 2 heterocycles. The number of nitrogen functional groups attached to an aromatic ring is 1. The van der Waals surface area contributed by atoms with Crippen molar-refractivity contribution in [3.63, 3.8) is 0 Å². The molecular formula is C28H34N4O2. The van der Waals surface area contributed by atoms with Crippen LogP contribution in [-0.2, 0) is 11.2 Å². The van der Waals surface area contributed by atoms with Crippen molar-refractivity contribution >= 4 is 34.0 Å². The van der Waals surface area contributed by atoms with Gasteiger partial charge in [-0.3, -0.25) is 4.57 Å². The van der Waals surface area contributed by atoms with E-state index in [9.17, 15) is 4.79 Å². The molecule has 0 aliphatic rings. The summed E-state index contributed by atoms with van der Waals surface area (Å²) < 4.78 is 7.44. The monoisotopic (exact) mass is 458 g/mol. The number of carbonyl (C=O) groups is 1. The second-order valence-corrected chi connectivity index (χ2v) is 8.80. The highest BCUT2D eigenvalue weighted by Crippen LogP contribution is 2.31. The van der Waals surface area contributed by atoms with E-state index in [1.165, 1.54) is 18.4 Å². The van der Waals surface area contributed by atoms with Crippen LogP contribution < -0.4 is 5.73 Å². The lowest BCUT2D eigenvalue weighted by Gasteiger charge is -2.09. The van der Waals surface area contributed by atoms with E-state index in [0.29, 0.717) is 23.6 Å². The topological polar surface area (TPSA) is 83.0 Å². The molecule has 0 saturated carbocycles. The van der Waals surface area contributed by atoms with Gasteiger partial charge in [-0.05, 0) is 49.1 Å². The zero-order valence-electron chi connectivity index (χ0n) is 20.2. The molecule has 0 radical (unpaired) electrons. The van der Waals surface area contributed by atoms with Crippen molar-refractivity contribution in [3.8, 4) is 5.69 Å². The fourth-order valence-electron chi connectivity index (χ4n) is 4.26. The van der Waals surface area contributed by atoms with E-state index >= 15 is 0 Å². The van der Waals surface area contributed by atoms with Crippen LogP contribution in [0.5, 0.6) is 0 Å². The number of nitrogens with zero attached hydrogens (tertiary/aromatic N) is 3. The maximum absolute atomic E-state index is 13.1. The van der Waals surface area contributed by atoms with Crippen molar-refractivity contribution in [2.24, 2.45) is 0 Å². The van der Waals surface area contributed by atoms with Crippen molar-refractivity contribution in [3.05, 3.63) is 59.7 Å². The van der Waals surface area contributed by atoms with Crippen molar-refractivity contribution in [2.45, 2.75) is 65.2 Å². The number of hydrogen-bond donors (Lipinski definition) is 1. The quantitative estimate of drug-likeness (QED) is 0.202. The Hall–Kier alpha value is -3.41. The SMILES string of the molecule is CCCCCCCOC(=O)c1c(N)n(-c2ccc(CCCC)cc2)c2nc3ccccc3nc12. The molecule has 4 rings (SSSR count). The second-order valence-electron chi connectivity index (χ2n) is 8.80. The lowest BCUT2D eigenvalue weighted by molar-refractivity contribution is 0.0501. The Morgan fingerprint density at radius 1 is 0.882 bits per heavy atom. The largest absolute Gasteiger partial charge is 0.462 e. The molecule has 0 unspecified atom stereocenters. The van der Waals surface area contributed by atoms with Gasteiger partial charge >= 0.3 is 5.97 Å². The average molecular weight is 459 g/mol. The van der Waals surface area contributed by atoms with E-state index in [0.717, 1.165) is 55.2 Å². The van der Waals surface area contributed by atoms with Crippen LogP contribution in [0.4, 0.5) is 5.82 Å². The van der Waals surface area contributed by atoms with Gasteiger partial charge in [0.1, 0.15) is 16.9 Å². The third-order valence-electron chi connectivity index (χ3n) is 6.20. The van der Waals surface area contributed by atoms with E-state index in [4.69, 9.17) is 20.4 Å². The highest BCUT2D eigenvalue weighted by Gasteiger charge is 2.26. The Morgan fingerprint density at radius 2 is 1.56 bits per heavy atom. The summed E-state index contributed by atoms with van der Waals surface area (Å²) in [4.78, 5) is 22.7. The number of hydrogen-bond acceptors (Lipinski definition) is 5. The van der Waals surface area contributed by atoms with Gasteiger partial charge in [-0.2, -0.15) is 0 Å². The molecule has 178 valence electrons. The summed E-state index contributed by atoms with van der Waals surface area (Å²) in [6, 6.07) is 15.9. The zero-order valence-corrected chi connectivity index (χ0v) is 20.2. The fourth-order valence-corrected chi connectivity index (χ4v) is 4.26. The minimum Gasteiger partial charge on any atom is -0.462 e. The van der Waals surface area contributed by atoms with E-state index in [2.05, 4.69) is 26.0 Å². The average Bonchev–Trinajstić information content (AvgIpc) is 3.14. The molecule has 0 amide bonds. The lowest BCUT2D eigenvalue weighted by Crippen LogP contribution is -2.10. The Morgan fingerprint density at radius 3 is 2.26 bits per heavy atom. The molecule has 0 atom stereocenters. The van der Waals surface area contributed by atoms with Crippen molar-refractivity contribution in [1.82, 2.24) is 14.5 Å². The van der Waals surface area contributed by atoms with Crippen LogP contribution in [0.1, 0.15) is 74.7 Å². The number of para-hydroxylation sites is 2. The number of rotatable bonds is 11. The summed E-state index contributed by atoms with van der Waals surface area (Å²) in [5, 5.41) is 0. The number of anilines is 1. The molecule has 0 aliphatic carbocycles. The number of ether oxygens (including phenoxy) is 1. The van der Waals surface area contributed by atoms with Crippen molar-refractivity contribution in [1.29, 1.82) is 0 Å². The van der Waals surface area contributed by atoms with E-state index < -0.39 is 5.97 Å². The van der Waals surface area contributed by atoms with Gasteiger partial charge in [0.15, 0.2) is 5.65 Å². The lowest BCUT2D eigenvalue weighted by atomic mass is 10.1. The van der Waals surface area contributed by atoms with Crippen LogP contribution in [0.2, 0.25) is 0 Å². The fraction of sp³-hybridized carbons (Fsp3) is 0.393. The van der Waals surface area contributed by atoms with Crippen molar-refractivity contribution in [2.75, 3.05) is 12.3 Å². The number of nitrogens with two attached hydrogens (primary N) is 1. The Labute approximate surface area is 201 Å². The number of fused-ring (bicyclic) bond motifs is 2. The zero-order chi connectivity index (χ0) is 23.9. The number of aromatic nitrogens is 3. The molecule has 6 heteroatoms. The highest BCUT2D eigenvalue weighted by atomic mass is 16.5. The summed E-state index contributed by atoms with van der Waals surface area (Å²) in [5.41, 5.74) is 11.5. The van der Waals surface area contributed by atoms with Gasteiger partial charge < -0.3 is 10.5 Å². The number of esters is 1. The van der Waals surface area contributed by atoms with E-state index in [-0.39, 0.29) is 5.56 Å². The predicted octanol–water partition coefficient (Wildman–Crippen LogP) is 6.63. The molecule has 0 spiro atoms. The van der Waals surface area contributed by atoms with Crippen LogP contribution in [0.3, 0.4) is 0 Å². The number of unbranched alkanes of at least 4 members (excludes halogenated alkanes) is 5. The van der Waals surface area contributed by atoms with Crippen molar-refractivity contribution < 1.29 is 9.53 Å². The van der Waals surface area contributed by atoms with Gasteiger partial charge in [-0.15, -0.1) is 0 Å². The summed E-state index contributed by atoms with van der Waals surface area (Å²) in [6.07, 6.45) is 8.78.